The molecule has 0 radical (unpaired) electrons. The minimum Gasteiger partial charge on any atom is -0.365 e. The topological polar surface area (TPSA) is 130 Å². The molecule has 10 heteroatoms. The first-order valence-corrected chi connectivity index (χ1v) is 7.76. The predicted octanol–water partition coefficient (Wildman–Crippen LogP) is -0.411. The van der Waals surface area contributed by atoms with Gasteiger partial charge < -0.3 is 10.6 Å². The van der Waals surface area contributed by atoms with Crippen LogP contribution in [0.2, 0.25) is 0 Å². The number of amides is 2. The van der Waals surface area contributed by atoms with Crippen LogP contribution >= 0.6 is 0 Å². The van der Waals surface area contributed by atoms with Gasteiger partial charge in [0, 0.05) is 19.3 Å². The van der Waals surface area contributed by atoms with Crippen LogP contribution in [-0.4, -0.2) is 54.8 Å². The van der Waals surface area contributed by atoms with E-state index < -0.39 is 16.3 Å². The van der Waals surface area contributed by atoms with Gasteiger partial charge in [-0.3, -0.25) is 23.2 Å². The van der Waals surface area contributed by atoms with E-state index in [0.29, 0.717) is 0 Å². The van der Waals surface area contributed by atoms with E-state index >= 15 is 0 Å². The Morgan fingerprint density at radius 1 is 1.50 bits per heavy atom. The van der Waals surface area contributed by atoms with Crippen LogP contribution in [0.15, 0.2) is 23.7 Å². The maximum atomic E-state index is 12.0. The van der Waals surface area contributed by atoms with E-state index in [0.717, 1.165) is 25.8 Å². The van der Waals surface area contributed by atoms with Gasteiger partial charge in [-0.25, -0.2) is 0 Å². The van der Waals surface area contributed by atoms with Crippen molar-refractivity contribution in [2.45, 2.75) is 25.8 Å². The largest absolute Gasteiger partial charge is 0.397 e. The minimum absolute atomic E-state index is 0.0494. The van der Waals surface area contributed by atoms with Gasteiger partial charge in [0.1, 0.15) is 11.4 Å². The average molecular weight is 333 g/mol. The minimum atomic E-state index is -4.16. The van der Waals surface area contributed by atoms with Gasteiger partial charge in [0.2, 0.25) is 0 Å². The van der Waals surface area contributed by atoms with E-state index in [1.165, 1.54) is 6.20 Å². The summed E-state index contributed by atoms with van der Waals surface area (Å²) in [7, 11) is -1.48. The molecule has 0 aliphatic carbocycles. The molecule has 0 aromatic rings. The van der Waals surface area contributed by atoms with Crippen molar-refractivity contribution in [1.29, 1.82) is 0 Å². The molecule has 0 aromatic heterocycles. The Hall–Kier alpha value is -1.91. The maximum absolute atomic E-state index is 12.0. The highest BCUT2D eigenvalue weighted by atomic mass is 32.3. The van der Waals surface area contributed by atoms with Crippen LogP contribution in [0.3, 0.4) is 0 Å². The molecule has 1 unspecified atom stereocenters. The summed E-state index contributed by atoms with van der Waals surface area (Å²) in [5.74, 6) is -0.119. The first-order chi connectivity index (χ1) is 10.1. The van der Waals surface area contributed by atoms with E-state index in [1.54, 1.807) is 9.80 Å². The van der Waals surface area contributed by atoms with Gasteiger partial charge in [0.15, 0.2) is 0 Å². The number of allylic oxidation sites excluding steroid dienone is 1. The van der Waals surface area contributed by atoms with E-state index in [1.807, 2.05) is 20.0 Å². The van der Waals surface area contributed by atoms with E-state index in [9.17, 15) is 18.0 Å². The van der Waals surface area contributed by atoms with E-state index in [4.69, 9.17) is 10.3 Å². The lowest BCUT2D eigenvalue weighted by molar-refractivity contribution is -0.131. The van der Waals surface area contributed by atoms with Crippen LogP contribution in [-0.2, 0) is 24.2 Å². The van der Waals surface area contributed by atoms with Crippen molar-refractivity contribution in [3.05, 3.63) is 23.7 Å². The molecule has 0 saturated carbocycles. The quantitative estimate of drug-likeness (QED) is 0.519. The Morgan fingerprint density at radius 2 is 2.05 bits per heavy atom. The Labute approximate surface area is 129 Å². The zero-order valence-electron chi connectivity index (χ0n) is 12.5. The number of nitrogens with zero attached hydrogens (tertiary/aromatic N) is 2. The molecule has 3 N–H and O–H groups in total. The van der Waals surface area contributed by atoms with Gasteiger partial charge in [-0.2, -0.15) is 8.42 Å². The second kappa shape index (κ2) is 6.90. The molecular weight excluding hydrogens is 314 g/mol. The van der Waals surface area contributed by atoms with Crippen molar-refractivity contribution in [3.8, 4) is 0 Å². The molecule has 2 heterocycles. The summed E-state index contributed by atoms with van der Waals surface area (Å²) < 4.78 is 29.7. The molecule has 2 aliphatic rings. The highest BCUT2D eigenvalue weighted by molar-refractivity contribution is 7.80. The molecule has 1 atom stereocenters. The third-order valence-electron chi connectivity index (χ3n) is 3.21. The second-order valence-electron chi connectivity index (χ2n) is 4.78. The maximum Gasteiger partial charge on any atom is 0.397 e. The van der Waals surface area contributed by atoms with Crippen molar-refractivity contribution in [1.82, 2.24) is 9.80 Å². The molecule has 22 heavy (non-hydrogen) atoms. The van der Waals surface area contributed by atoms with Gasteiger partial charge in [-0.1, -0.05) is 0 Å². The number of nitrogens with two attached hydrogens (primary N) is 1. The highest BCUT2D eigenvalue weighted by Gasteiger charge is 2.35. The first kappa shape index (κ1) is 18.1. The molecule has 0 fully saturated rings. The predicted molar refractivity (Wildman–Crippen MR) is 77.2 cm³/mol. The van der Waals surface area contributed by atoms with Crippen LogP contribution in [0.1, 0.15) is 19.8 Å². The summed E-state index contributed by atoms with van der Waals surface area (Å²) >= 11 is 0. The fourth-order valence-corrected chi connectivity index (χ4v) is 2.14. The Bertz CT molecular complexity index is 625. The smallest absolute Gasteiger partial charge is 0.365 e. The standard InChI is InChI=1S/C11H15N3O2.CH4O4S/c1-7-4-3-5-9-13(2)6-8(10(12)15)11(16)14(7)9;1-5-6(2,3)4/h5-7H,3-4H2,1-2H3,(H2,12,15);1H3,(H,2,3,4). The fraction of sp³-hybridized carbons (Fsp3) is 0.500. The third kappa shape index (κ3) is 4.29. The number of primary amides is 1. The number of hydrogen-bond donors (Lipinski definition) is 2. The van der Waals surface area contributed by atoms with Gasteiger partial charge in [-0.05, 0) is 25.8 Å². The van der Waals surface area contributed by atoms with Crippen molar-refractivity contribution < 1.29 is 26.7 Å². The highest BCUT2D eigenvalue weighted by Crippen LogP contribution is 2.28. The third-order valence-corrected chi connectivity index (χ3v) is 3.63. The Kier molecular flexibility index (Phi) is 5.69. The zero-order valence-corrected chi connectivity index (χ0v) is 13.3. The molecular formula is C12H19N3O6S. The van der Waals surface area contributed by atoms with Gasteiger partial charge in [-0.15, -0.1) is 0 Å². The lowest BCUT2D eigenvalue weighted by Crippen LogP contribution is -2.49. The normalized spacial score (nSPS) is 21.3. The van der Waals surface area contributed by atoms with Crippen LogP contribution in [0.5, 0.6) is 0 Å². The fourth-order valence-electron chi connectivity index (χ4n) is 2.14. The summed E-state index contributed by atoms with van der Waals surface area (Å²) in [5, 5.41) is 0. The van der Waals surface area contributed by atoms with Gasteiger partial charge in [0.25, 0.3) is 11.8 Å². The Balaban J connectivity index is 0.000000346. The molecule has 0 saturated heterocycles. The lowest BCUT2D eigenvalue weighted by atomic mass is 10.0. The second-order valence-corrected chi connectivity index (χ2v) is 5.96. The Morgan fingerprint density at radius 3 is 2.50 bits per heavy atom. The number of carbonyl (C=O) groups is 2. The summed E-state index contributed by atoms with van der Waals surface area (Å²) in [5.41, 5.74) is 5.24. The van der Waals surface area contributed by atoms with Gasteiger partial charge >= 0.3 is 10.4 Å². The van der Waals surface area contributed by atoms with Crippen molar-refractivity contribution in [3.63, 3.8) is 0 Å². The number of rotatable bonds is 2. The SMILES string of the molecule is CC1CCC=C2N(C)C=C(C(N)=O)C(=O)N21.COS(=O)(=O)O. The molecule has 0 bridgehead atoms. The molecule has 9 nitrogen and oxygen atoms in total. The average Bonchev–Trinajstić information content (AvgIpc) is 2.42. The van der Waals surface area contributed by atoms with Crippen molar-refractivity contribution >= 4 is 22.2 Å². The molecule has 124 valence electrons. The summed E-state index contributed by atoms with van der Waals surface area (Å²) in [6.07, 6.45) is 5.37. The van der Waals surface area contributed by atoms with Crippen LogP contribution < -0.4 is 5.73 Å². The number of carbonyl (C=O) groups excluding carboxylic acids is 2. The molecule has 0 spiro atoms. The lowest BCUT2D eigenvalue weighted by Gasteiger charge is -2.41. The van der Waals surface area contributed by atoms with Gasteiger partial charge in [0.05, 0.1) is 7.11 Å². The van der Waals surface area contributed by atoms with E-state index in [-0.39, 0.29) is 17.5 Å². The monoisotopic (exact) mass is 333 g/mol. The molecule has 2 aliphatic heterocycles. The zero-order chi connectivity index (χ0) is 17.1. The van der Waals surface area contributed by atoms with Crippen LogP contribution in [0.25, 0.3) is 0 Å². The first-order valence-electron chi connectivity index (χ1n) is 6.39. The van der Waals surface area contributed by atoms with Crippen LogP contribution in [0.4, 0.5) is 0 Å². The molecule has 2 amide bonds. The molecule has 2 rings (SSSR count). The van der Waals surface area contributed by atoms with Crippen molar-refractivity contribution in [2.24, 2.45) is 5.73 Å². The summed E-state index contributed by atoms with van der Waals surface area (Å²) in [6.45, 7) is 1.97. The van der Waals surface area contributed by atoms with Crippen LogP contribution in [0, 0.1) is 0 Å². The van der Waals surface area contributed by atoms with Crippen molar-refractivity contribution in [2.75, 3.05) is 14.2 Å². The molecule has 0 aromatic carbocycles. The summed E-state index contributed by atoms with van der Waals surface area (Å²) in [4.78, 5) is 26.6. The van der Waals surface area contributed by atoms with E-state index in [2.05, 4.69) is 4.18 Å². The number of fused-ring (bicyclic) bond motifs is 1. The number of hydrogen-bond acceptors (Lipinski definition) is 6. The summed E-state index contributed by atoms with van der Waals surface area (Å²) in [6, 6.07) is 0.109.